The third-order valence-electron chi connectivity index (χ3n) is 5.86. The molecule has 0 saturated heterocycles. The summed E-state index contributed by atoms with van der Waals surface area (Å²) in [5.74, 6) is 1.20. The highest BCUT2D eigenvalue weighted by molar-refractivity contribution is 5.99. The van der Waals surface area contributed by atoms with Gasteiger partial charge in [-0.05, 0) is 67.1 Å². The SMILES string of the molecule is CCCCCCOc1ccc(-c2noc(-c3ccc(C(=O)n4n[n+]([O-])c5ccccc54)cc3)n2)cc1. The van der Waals surface area contributed by atoms with Gasteiger partial charge in [0.2, 0.25) is 16.9 Å². The molecule has 0 amide bonds. The Bertz CT molecular complexity index is 1470. The predicted molar refractivity (Wildman–Crippen MR) is 133 cm³/mol. The number of hydrogen-bond donors (Lipinski definition) is 0. The van der Waals surface area contributed by atoms with Crippen molar-refractivity contribution in [2.75, 3.05) is 6.61 Å². The minimum atomic E-state index is -0.411. The number of unbranched alkanes of at least 4 members (excludes halogenated alkanes) is 3. The zero-order valence-electron chi connectivity index (χ0n) is 19.8. The highest BCUT2D eigenvalue weighted by Gasteiger charge is 2.23. The molecule has 0 saturated carbocycles. The Kier molecular flexibility index (Phi) is 6.70. The molecule has 2 aromatic heterocycles. The minimum Gasteiger partial charge on any atom is -0.691 e. The van der Waals surface area contributed by atoms with Crippen LogP contribution in [0.4, 0.5) is 0 Å². The summed E-state index contributed by atoms with van der Waals surface area (Å²) >= 11 is 0. The van der Waals surface area contributed by atoms with Gasteiger partial charge in [0.25, 0.3) is 5.89 Å². The summed E-state index contributed by atoms with van der Waals surface area (Å²) in [7, 11) is 0. The Morgan fingerprint density at radius 1 is 0.972 bits per heavy atom. The van der Waals surface area contributed by atoms with E-state index in [1.165, 1.54) is 19.3 Å². The molecule has 5 rings (SSSR count). The molecule has 0 aliphatic heterocycles. The zero-order valence-corrected chi connectivity index (χ0v) is 19.8. The normalized spacial score (nSPS) is 11.1. The fraction of sp³-hybridized carbons (Fsp3) is 0.222. The van der Waals surface area contributed by atoms with E-state index < -0.39 is 5.91 Å². The van der Waals surface area contributed by atoms with Gasteiger partial charge in [-0.3, -0.25) is 0 Å². The van der Waals surface area contributed by atoms with Crippen LogP contribution in [0.2, 0.25) is 0 Å². The lowest BCUT2D eigenvalue weighted by Crippen LogP contribution is -2.31. The van der Waals surface area contributed by atoms with Crippen molar-refractivity contribution in [2.24, 2.45) is 0 Å². The van der Waals surface area contributed by atoms with Crippen molar-refractivity contribution in [1.82, 2.24) is 20.0 Å². The maximum Gasteiger partial charge on any atom is 0.366 e. The summed E-state index contributed by atoms with van der Waals surface area (Å²) in [4.78, 5) is 17.9. The molecule has 0 fully saturated rings. The number of aromatic nitrogens is 5. The van der Waals surface area contributed by atoms with E-state index in [9.17, 15) is 10.0 Å². The molecule has 2 heterocycles. The fourth-order valence-corrected chi connectivity index (χ4v) is 3.89. The molecule has 9 heteroatoms. The van der Waals surface area contributed by atoms with Crippen LogP contribution in [0.3, 0.4) is 0 Å². The molecular weight excluding hydrogens is 458 g/mol. The van der Waals surface area contributed by atoms with Gasteiger partial charge in [0.1, 0.15) is 11.0 Å². The van der Waals surface area contributed by atoms with Gasteiger partial charge in [0.15, 0.2) is 0 Å². The average Bonchev–Trinajstić information content (AvgIpc) is 3.54. The Hall–Kier alpha value is -4.53. The van der Waals surface area contributed by atoms with Crippen LogP contribution in [0.5, 0.6) is 5.75 Å². The first-order valence-corrected chi connectivity index (χ1v) is 11.9. The molecule has 36 heavy (non-hydrogen) atoms. The van der Waals surface area contributed by atoms with Crippen LogP contribution in [0, 0.1) is 5.21 Å². The number of hydrogen-bond acceptors (Lipinski definition) is 7. The van der Waals surface area contributed by atoms with Crippen molar-refractivity contribution in [3.8, 4) is 28.6 Å². The number of benzene rings is 3. The Balaban J connectivity index is 1.27. The van der Waals surface area contributed by atoms with Gasteiger partial charge in [0, 0.05) is 11.1 Å². The van der Waals surface area contributed by atoms with E-state index in [-0.39, 0.29) is 0 Å². The lowest BCUT2D eigenvalue weighted by atomic mass is 10.1. The molecule has 0 aliphatic carbocycles. The zero-order chi connectivity index (χ0) is 24.9. The van der Waals surface area contributed by atoms with Crippen molar-refractivity contribution in [3.05, 3.63) is 83.6 Å². The quantitative estimate of drug-likeness (QED) is 0.164. The molecule has 5 aromatic rings. The Labute approximate surface area is 207 Å². The second kappa shape index (κ2) is 10.4. The highest BCUT2D eigenvalue weighted by Crippen LogP contribution is 2.25. The van der Waals surface area contributed by atoms with Crippen LogP contribution < -0.4 is 9.58 Å². The molecule has 0 unspecified atom stereocenters. The molecule has 0 atom stereocenters. The Morgan fingerprint density at radius 2 is 1.72 bits per heavy atom. The summed E-state index contributed by atoms with van der Waals surface area (Å²) < 4.78 is 12.3. The number of ether oxygens (including phenoxy) is 1. The molecule has 9 nitrogen and oxygen atoms in total. The highest BCUT2D eigenvalue weighted by atomic mass is 16.5. The van der Waals surface area contributed by atoms with Crippen LogP contribution in [0.1, 0.15) is 43.0 Å². The van der Waals surface area contributed by atoms with E-state index in [4.69, 9.17) is 9.26 Å². The molecule has 0 aliphatic rings. The first-order valence-electron chi connectivity index (χ1n) is 11.9. The van der Waals surface area contributed by atoms with Crippen LogP contribution in [-0.4, -0.2) is 32.5 Å². The second-order valence-corrected chi connectivity index (χ2v) is 8.40. The number of rotatable bonds is 9. The van der Waals surface area contributed by atoms with Crippen LogP contribution >= 0.6 is 0 Å². The first-order chi connectivity index (χ1) is 17.6. The molecule has 0 radical (unpaired) electrons. The van der Waals surface area contributed by atoms with E-state index >= 15 is 0 Å². The topological polar surface area (TPSA) is 110 Å². The number of fused-ring (bicyclic) bond motifs is 1. The number of para-hydroxylation sites is 2. The molecule has 3 aromatic carbocycles. The van der Waals surface area contributed by atoms with Crippen molar-refractivity contribution in [3.63, 3.8) is 0 Å². The van der Waals surface area contributed by atoms with Crippen molar-refractivity contribution < 1.29 is 18.9 Å². The third-order valence-corrected chi connectivity index (χ3v) is 5.86. The minimum absolute atomic E-state index is 0.326. The van der Waals surface area contributed by atoms with Gasteiger partial charge in [-0.2, -0.15) is 4.98 Å². The van der Waals surface area contributed by atoms with Gasteiger partial charge >= 0.3 is 5.91 Å². The van der Waals surface area contributed by atoms with E-state index in [1.54, 1.807) is 48.5 Å². The van der Waals surface area contributed by atoms with E-state index in [2.05, 4.69) is 22.3 Å². The average molecular weight is 484 g/mol. The predicted octanol–water partition coefficient (Wildman–Crippen LogP) is 5.03. The van der Waals surface area contributed by atoms with E-state index in [0.29, 0.717) is 45.3 Å². The summed E-state index contributed by atoms with van der Waals surface area (Å²) in [6, 6.07) is 21.1. The van der Waals surface area contributed by atoms with Gasteiger partial charge in [0.05, 0.1) is 12.2 Å². The summed E-state index contributed by atoms with van der Waals surface area (Å²) in [6.07, 6.45) is 4.65. The first kappa shape index (κ1) is 23.2. The van der Waals surface area contributed by atoms with Gasteiger partial charge in [-0.1, -0.05) is 48.2 Å². The molecular formula is C27H25N5O4. The van der Waals surface area contributed by atoms with E-state index in [1.807, 2.05) is 24.3 Å². The lowest BCUT2D eigenvalue weighted by Gasteiger charge is -2.06. The standard InChI is InChI=1S/C27H25N5O4/c1-2-3-4-7-18-35-22-16-14-19(15-17-22)25-28-26(36-29-25)20-10-12-21(13-11-20)27(33)31-23-8-5-6-9-24(23)32(34)30-31/h5-6,8-17H,2-4,7,18H2,1H3. The van der Waals surface area contributed by atoms with Gasteiger partial charge < -0.3 is 14.5 Å². The molecule has 0 bridgehead atoms. The maximum absolute atomic E-state index is 12.9. The van der Waals surface area contributed by atoms with Crippen molar-refractivity contribution in [2.45, 2.75) is 32.6 Å². The van der Waals surface area contributed by atoms with Crippen LogP contribution in [0.25, 0.3) is 33.9 Å². The summed E-state index contributed by atoms with van der Waals surface area (Å²) in [6.45, 7) is 2.89. The monoisotopic (exact) mass is 483 g/mol. The lowest BCUT2D eigenvalue weighted by molar-refractivity contribution is -0.645. The molecule has 0 spiro atoms. The maximum atomic E-state index is 12.9. The van der Waals surface area contributed by atoms with E-state index in [0.717, 1.165) is 22.4 Å². The fourth-order valence-electron chi connectivity index (χ4n) is 3.89. The van der Waals surface area contributed by atoms with Gasteiger partial charge in [-0.25, -0.2) is 4.79 Å². The molecule has 0 N–H and O–H groups in total. The number of carbonyl (C=O) groups is 1. The summed E-state index contributed by atoms with van der Waals surface area (Å²) in [5.41, 5.74) is 2.62. The van der Waals surface area contributed by atoms with Crippen LogP contribution in [-0.2, 0) is 0 Å². The Morgan fingerprint density at radius 3 is 2.50 bits per heavy atom. The molecule has 182 valence electrons. The van der Waals surface area contributed by atoms with Gasteiger partial charge in [-0.15, -0.1) is 4.85 Å². The second-order valence-electron chi connectivity index (χ2n) is 8.40. The number of nitrogens with zero attached hydrogens (tertiary/aromatic N) is 5. The van der Waals surface area contributed by atoms with Crippen LogP contribution in [0.15, 0.2) is 77.3 Å². The summed E-state index contributed by atoms with van der Waals surface area (Å²) in [5, 5.41) is 19.9. The smallest absolute Gasteiger partial charge is 0.366 e. The van der Waals surface area contributed by atoms with Crippen molar-refractivity contribution >= 4 is 16.9 Å². The largest absolute Gasteiger partial charge is 0.691 e. The third kappa shape index (κ3) is 4.81. The van der Waals surface area contributed by atoms with Crippen molar-refractivity contribution in [1.29, 1.82) is 0 Å². The number of carbonyl (C=O) groups excluding carboxylic acids is 1.